The topological polar surface area (TPSA) is 63.1 Å². The number of para-hydroxylation sites is 1. The molecule has 0 radical (unpaired) electrons. The Hall–Kier alpha value is -2.82. The largest absolute Gasteiger partial charge is 0.475 e. The summed E-state index contributed by atoms with van der Waals surface area (Å²) in [7, 11) is 0. The van der Waals surface area contributed by atoms with E-state index >= 15 is 0 Å². The van der Waals surface area contributed by atoms with Gasteiger partial charge in [-0.25, -0.2) is 19.2 Å². The number of rotatable bonds is 2. The first-order valence-corrected chi connectivity index (χ1v) is 5.92. The first-order chi connectivity index (χ1) is 9.66. The number of nitrogens with zero attached hydrogens (tertiary/aromatic N) is 2. The number of carboxylic acids is 1. The van der Waals surface area contributed by atoms with Crippen molar-refractivity contribution in [2.75, 3.05) is 0 Å². The van der Waals surface area contributed by atoms with Crippen LogP contribution in [0.5, 0.6) is 0 Å². The summed E-state index contributed by atoms with van der Waals surface area (Å²) in [5.41, 5.74) is 1.01. The maximum atomic E-state index is 13.9. The lowest BCUT2D eigenvalue weighted by molar-refractivity contribution is 0.0684. The second-order valence-corrected chi connectivity index (χ2v) is 4.20. The predicted octanol–water partition coefficient (Wildman–Crippen LogP) is 3.13. The van der Waals surface area contributed by atoms with Gasteiger partial charge in [0.05, 0.1) is 11.2 Å². The van der Waals surface area contributed by atoms with E-state index in [1.807, 2.05) is 0 Å². The molecule has 4 nitrogen and oxygen atoms in total. The second kappa shape index (κ2) is 4.70. The summed E-state index contributed by atoms with van der Waals surface area (Å²) >= 11 is 0. The van der Waals surface area contributed by atoms with Crippen molar-refractivity contribution in [1.82, 2.24) is 9.97 Å². The van der Waals surface area contributed by atoms with E-state index in [9.17, 15) is 9.18 Å². The van der Waals surface area contributed by atoms with Gasteiger partial charge in [-0.2, -0.15) is 0 Å². The summed E-state index contributed by atoms with van der Waals surface area (Å²) in [6, 6.07) is 13.1. The lowest BCUT2D eigenvalue weighted by atomic mass is 10.1. The van der Waals surface area contributed by atoms with Crippen LogP contribution in [-0.4, -0.2) is 21.0 Å². The molecule has 0 saturated carbocycles. The van der Waals surface area contributed by atoms with Gasteiger partial charge in [0.2, 0.25) is 5.82 Å². The number of fused-ring (bicyclic) bond motifs is 1. The average molecular weight is 268 g/mol. The molecule has 3 rings (SSSR count). The zero-order chi connectivity index (χ0) is 14.1. The fourth-order valence-electron chi connectivity index (χ4n) is 2.03. The number of benzene rings is 2. The molecule has 1 heterocycles. The van der Waals surface area contributed by atoms with Crippen LogP contribution in [0.4, 0.5) is 4.39 Å². The van der Waals surface area contributed by atoms with Gasteiger partial charge in [-0.3, -0.25) is 0 Å². The molecule has 0 spiro atoms. The van der Waals surface area contributed by atoms with Crippen molar-refractivity contribution in [3.05, 3.63) is 60.2 Å². The minimum absolute atomic E-state index is 0.258. The van der Waals surface area contributed by atoms with Crippen LogP contribution in [0.25, 0.3) is 22.2 Å². The van der Waals surface area contributed by atoms with Crippen molar-refractivity contribution in [3.8, 4) is 11.3 Å². The van der Waals surface area contributed by atoms with Crippen LogP contribution in [-0.2, 0) is 0 Å². The zero-order valence-electron chi connectivity index (χ0n) is 10.2. The molecule has 0 aliphatic heterocycles. The van der Waals surface area contributed by atoms with E-state index in [2.05, 4.69) is 9.97 Å². The first-order valence-electron chi connectivity index (χ1n) is 5.92. The molecule has 0 aliphatic rings. The Morgan fingerprint density at radius 1 is 1.00 bits per heavy atom. The molecule has 0 bridgehead atoms. The molecule has 0 unspecified atom stereocenters. The Kier molecular flexibility index (Phi) is 2.87. The molecule has 1 N–H and O–H groups in total. The van der Waals surface area contributed by atoms with Crippen molar-refractivity contribution in [2.45, 2.75) is 0 Å². The van der Waals surface area contributed by atoms with E-state index < -0.39 is 11.8 Å². The van der Waals surface area contributed by atoms with Crippen LogP contribution in [0.3, 0.4) is 0 Å². The van der Waals surface area contributed by atoms with E-state index in [-0.39, 0.29) is 17.1 Å². The molecule has 0 fully saturated rings. The molecular weight excluding hydrogens is 259 g/mol. The van der Waals surface area contributed by atoms with Crippen LogP contribution in [0, 0.1) is 5.82 Å². The highest BCUT2D eigenvalue weighted by Crippen LogP contribution is 2.27. The van der Waals surface area contributed by atoms with Gasteiger partial charge in [0.25, 0.3) is 0 Å². The number of hydrogen-bond donors (Lipinski definition) is 1. The summed E-state index contributed by atoms with van der Waals surface area (Å²) in [5, 5.41) is 9.68. The summed E-state index contributed by atoms with van der Waals surface area (Å²) in [6.07, 6.45) is 0. The van der Waals surface area contributed by atoms with Gasteiger partial charge in [0, 0.05) is 10.9 Å². The van der Waals surface area contributed by atoms with Crippen molar-refractivity contribution in [3.63, 3.8) is 0 Å². The fourth-order valence-corrected chi connectivity index (χ4v) is 2.03. The normalized spacial score (nSPS) is 10.7. The molecule has 1 aromatic heterocycles. The van der Waals surface area contributed by atoms with Crippen molar-refractivity contribution < 1.29 is 14.3 Å². The van der Waals surface area contributed by atoms with Gasteiger partial charge in [-0.1, -0.05) is 30.3 Å². The van der Waals surface area contributed by atoms with E-state index in [1.54, 1.807) is 42.5 Å². The third-order valence-corrected chi connectivity index (χ3v) is 2.92. The Balaban J connectivity index is 2.39. The van der Waals surface area contributed by atoms with Gasteiger partial charge >= 0.3 is 5.97 Å². The molecule has 98 valence electrons. The van der Waals surface area contributed by atoms with Gasteiger partial charge in [0.1, 0.15) is 5.82 Å². The lowest BCUT2D eigenvalue weighted by Gasteiger charge is -2.07. The van der Waals surface area contributed by atoms with Crippen LogP contribution in [0.2, 0.25) is 0 Å². The highest BCUT2D eigenvalue weighted by molar-refractivity contribution is 5.95. The van der Waals surface area contributed by atoms with Crippen molar-refractivity contribution in [2.24, 2.45) is 0 Å². The van der Waals surface area contributed by atoms with Crippen LogP contribution in [0.15, 0.2) is 48.5 Å². The fraction of sp³-hybridized carbons (Fsp3) is 0. The highest BCUT2D eigenvalue weighted by Gasteiger charge is 2.15. The Morgan fingerprint density at radius 3 is 2.45 bits per heavy atom. The number of halogens is 1. The third kappa shape index (κ3) is 1.99. The highest BCUT2D eigenvalue weighted by atomic mass is 19.1. The molecule has 0 amide bonds. The maximum Gasteiger partial charge on any atom is 0.373 e. The molecule has 0 aliphatic carbocycles. The van der Waals surface area contributed by atoms with Crippen molar-refractivity contribution in [1.29, 1.82) is 0 Å². The standard InChI is InChI=1S/C15H9FN2O2/c16-11-7-3-1-5-9(11)13-10-6-2-4-8-12(10)17-14(18-13)15(19)20/h1-8H,(H,19,20). The quantitative estimate of drug-likeness (QED) is 0.775. The molecule has 2 aromatic carbocycles. The Bertz CT molecular complexity index is 818. The van der Waals surface area contributed by atoms with E-state index in [0.717, 1.165) is 0 Å². The smallest absolute Gasteiger partial charge is 0.373 e. The minimum atomic E-state index is -1.24. The van der Waals surface area contributed by atoms with Crippen LogP contribution >= 0.6 is 0 Å². The maximum absolute atomic E-state index is 13.9. The molecule has 20 heavy (non-hydrogen) atoms. The number of carbonyl (C=O) groups is 1. The zero-order valence-corrected chi connectivity index (χ0v) is 10.2. The second-order valence-electron chi connectivity index (χ2n) is 4.20. The van der Waals surface area contributed by atoms with Crippen LogP contribution < -0.4 is 0 Å². The van der Waals surface area contributed by atoms with Gasteiger partial charge < -0.3 is 5.11 Å². The van der Waals surface area contributed by atoms with E-state index in [4.69, 9.17) is 5.11 Å². The SMILES string of the molecule is O=C(O)c1nc(-c2ccccc2F)c2ccccc2n1. The van der Waals surface area contributed by atoms with Gasteiger partial charge in [-0.15, -0.1) is 0 Å². The number of carboxylic acid groups (broad SMARTS) is 1. The molecule has 3 aromatic rings. The monoisotopic (exact) mass is 268 g/mol. The van der Waals surface area contributed by atoms with E-state index in [1.165, 1.54) is 6.07 Å². The molecule has 0 atom stereocenters. The summed E-state index contributed by atoms with van der Waals surface area (Å²) in [4.78, 5) is 19.0. The molecular formula is C15H9FN2O2. The summed E-state index contributed by atoms with van der Waals surface area (Å²) < 4.78 is 13.9. The average Bonchev–Trinajstić information content (AvgIpc) is 2.46. The molecule has 5 heteroatoms. The Morgan fingerprint density at radius 2 is 1.70 bits per heavy atom. The minimum Gasteiger partial charge on any atom is -0.475 e. The number of aromatic carboxylic acids is 1. The lowest BCUT2D eigenvalue weighted by Crippen LogP contribution is -2.06. The van der Waals surface area contributed by atoms with Crippen molar-refractivity contribution >= 4 is 16.9 Å². The van der Waals surface area contributed by atoms with Gasteiger partial charge in [0.15, 0.2) is 0 Å². The van der Waals surface area contributed by atoms with Gasteiger partial charge in [-0.05, 0) is 18.2 Å². The summed E-state index contributed by atoms with van der Waals surface area (Å²) in [5.74, 6) is -2.04. The summed E-state index contributed by atoms with van der Waals surface area (Å²) in [6.45, 7) is 0. The number of hydrogen-bond acceptors (Lipinski definition) is 3. The molecule has 0 saturated heterocycles. The van der Waals surface area contributed by atoms with Crippen LogP contribution in [0.1, 0.15) is 10.6 Å². The first kappa shape index (κ1) is 12.2. The van der Waals surface area contributed by atoms with E-state index in [0.29, 0.717) is 10.9 Å². The number of aromatic nitrogens is 2. The third-order valence-electron chi connectivity index (χ3n) is 2.92. The Labute approximate surface area is 113 Å². The predicted molar refractivity (Wildman–Crippen MR) is 71.9 cm³/mol.